The summed E-state index contributed by atoms with van der Waals surface area (Å²) < 4.78 is 5.10. The zero-order chi connectivity index (χ0) is 12.1. The molecule has 1 atom stereocenters. The van der Waals surface area contributed by atoms with Crippen molar-refractivity contribution >= 4 is 0 Å². The van der Waals surface area contributed by atoms with Gasteiger partial charge in [0.1, 0.15) is 0 Å². The molecule has 0 bridgehead atoms. The van der Waals surface area contributed by atoms with E-state index in [9.17, 15) is 0 Å². The van der Waals surface area contributed by atoms with Crippen LogP contribution in [0.25, 0.3) is 0 Å². The van der Waals surface area contributed by atoms with Crippen LogP contribution in [0.15, 0.2) is 47.3 Å². The lowest BCUT2D eigenvalue weighted by Gasteiger charge is -2.15. The Balaban J connectivity index is 2.28. The van der Waals surface area contributed by atoms with E-state index in [1.807, 2.05) is 6.07 Å². The summed E-state index contributed by atoms with van der Waals surface area (Å²) in [6, 6.07) is 10.4. The second kappa shape index (κ2) is 5.66. The lowest BCUT2D eigenvalue weighted by atomic mass is 9.98. The van der Waals surface area contributed by atoms with Gasteiger partial charge in [0.25, 0.3) is 0 Å². The highest BCUT2D eigenvalue weighted by molar-refractivity contribution is 5.32. The first-order chi connectivity index (χ1) is 8.35. The van der Waals surface area contributed by atoms with Crippen LogP contribution in [0.1, 0.15) is 36.1 Å². The molecule has 0 aliphatic heterocycles. The monoisotopic (exact) mass is 230 g/mol. The lowest BCUT2D eigenvalue weighted by molar-refractivity contribution is 0.553. The maximum Gasteiger partial charge on any atom is 0.0954 e. The predicted molar refractivity (Wildman–Crippen MR) is 68.3 cm³/mol. The summed E-state index contributed by atoms with van der Waals surface area (Å²) in [5.74, 6) is 5.63. The number of furan rings is 1. The third-order valence-electron chi connectivity index (χ3n) is 2.87. The Morgan fingerprint density at radius 3 is 2.82 bits per heavy atom. The molecule has 0 saturated carbocycles. The molecule has 2 rings (SSSR count). The van der Waals surface area contributed by atoms with Gasteiger partial charge in [0, 0.05) is 5.56 Å². The minimum Gasteiger partial charge on any atom is -0.472 e. The van der Waals surface area contributed by atoms with Crippen LogP contribution in [0, 0.1) is 0 Å². The van der Waals surface area contributed by atoms with Gasteiger partial charge in [0.05, 0.1) is 18.6 Å². The van der Waals surface area contributed by atoms with Gasteiger partial charge in [0.15, 0.2) is 0 Å². The average molecular weight is 230 g/mol. The van der Waals surface area contributed by atoms with Crippen LogP contribution in [0.5, 0.6) is 0 Å². The third kappa shape index (κ3) is 2.75. The third-order valence-corrected chi connectivity index (χ3v) is 2.87. The van der Waals surface area contributed by atoms with E-state index in [4.69, 9.17) is 10.3 Å². The van der Waals surface area contributed by atoms with Crippen molar-refractivity contribution in [3.63, 3.8) is 0 Å². The lowest BCUT2D eigenvalue weighted by Crippen LogP contribution is -2.28. The van der Waals surface area contributed by atoms with Crippen LogP contribution in [0.3, 0.4) is 0 Å². The van der Waals surface area contributed by atoms with Gasteiger partial charge in [-0.05, 0) is 23.6 Å². The van der Waals surface area contributed by atoms with Gasteiger partial charge in [-0.2, -0.15) is 0 Å². The summed E-state index contributed by atoms with van der Waals surface area (Å²) in [6.45, 7) is 2.18. The van der Waals surface area contributed by atoms with E-state index in [1.165, 1.54) is 11.1 Å². The first-order valence-electron chi connectivity index (χ1n) is 5.92. The zero-order valence-corrected chi connectivity index (χ0v) is 10.0. The summed E-state index contributed by atoms with van der Waals surface area (Å²) in [4.78, 5) is 0. The molecule has 3 nitrogen and oxygen atoms in total. The summed E-state index contributed by atoms with van der Waals surface area (Å²) in [7, 11) is 0. The smallest absolute Gasteiger partial charge is 0.0954 e. The molecule has 3 N–H and O–H groups in total. The van der Waals surface area contributed by atoms with Crippen molar-refractivity contribution in [3.8, 4) is 0 Å². The van der Waals surface area contributed by atoms with Gasteiger partial charge in [-0.25, -0.2) is 5.43 Å². The molecule has 1 heterocycles. The van der Waals surface area contributed by atoms with Gasteiger partial charge in [-0.3, -0.25) is 5.84 Å². The van der Waals surface area contributed by atoms with Crippen LogP contribution in [0.4, 0.5) is 0 Å². The summed E-state index contributed by atoms with van der Waals surface area (Å²) in [6.07, 6.45) is 5.62. The van der Waals surface area contributed by atoms with Crippen molar-refractivity contribution in [3.05, 3.63) is 59.5 Å². The van der Waals surface area contributed by atoms with Crippen LogP contribution < -0.4 is 11.3 Å². The van der Waals surface area contributed by atoms with E-state index in [0.717, 1.165) is 18.4 Å². The normalized spacial score (nSPS) is 12.6. The van der Waals surface area contributed by atoms with Crippen LogP contribution in [0.2, 0.25) is 0 Å². The maximum atomic E-state index is 5.63. The van der Waals surface area contributed by atoms with Gasteiger partial charge >= 0.3 is 0 Å². The Morgan fingerprint density at radius 1 is 1.29 bits per heavy atom. The number of hydrogen-bond acceptors (Lipinski definition) is 3. The number of hydrogen-bond donors (Lipinski definition) is 2. The fourth-order valence-electron chi connectivity index (χ4n) is 2.04. The van der Waals surface area contributed by atoms with Crippen molar-refractivity contribution in [1.29, 1.82) is 0 Å². The summed E-state index contributed by atoms with van der Waals surface area (Å²) in [5, 5.41) is 0. The Hall–Kier alpha value is -1.58. The Bertz CT molecular complexity index is 451. The molecule has 1 aromatic carbocycles. The number of nitrogens with one attached hydrogen (secondary N) is 1. The van der Waals surface area contributed by atoms with E-state index in [1.54, 1.807) is 12.5 Å². The topological polar surface area (TPSA) is 51.2 Å². The fraction of sp³-hybridized carbons (Fsp3) is 0.286. The predicted octanol–water partition coefficient (Wildman–Crippen LogP) is 2.78. The molecule has 0 aliphatic carbocycles. The van der Waals surface area contributed by atoms with E-state index in [2.05, 4.69) is 36.6 Å². The van der Waals surface area contributed by atoms with Crippen molar-refractivity contribution < 1.29 is 4.42 Å². The highest BCUT2D eigenvalue weighted by Crippen LogP contribution is 2.22. The molecule has 3 heteroatoms. The quantitative estimate of drug-likeness (QED) is 0.613. The van der Waals surface area contributed by atoms with Gasteiger partial charge in [-0.15, -0.1) is 0 Å². The largest absolute Gasteiger partial charge is 0.472 e. The van der Waals surface area contributed by atoms with E-state index < -0.39 is 0 Å². The van der Waals surface area contributed by atoms with E-state index >= 15 is 0 Å². The summed E-state index contributed by atoms with van der Waals surface area (Å²) >= 11 is 0. The van der Waals surface area contributed by atoms with Crippen molar-refractivity contribution in [2.45, 2.75) is 25.8 Å². The SMILES string of the molecule is CCCc1cccc(C(NN)c2ccoc2)c1. The number of nitrogens with two attached hydrogens (primary N) is 1. The molecule has 0 spiro atoms. The fourth-order valence-corrected chi connectivity index (χ4v) is 2.04. The maximum absolute atomic E-state index is 5.63. The minimum absolute atomic E-state index is 0.00874. The Kier molecular flexibility index (Phi) is 3.96. The second-order valence-corrected chi connectivity index (χ2v) is 4.15. The zero-order valence-electron chi connectivity index (χ0n) is 10.0. The van der Waals surface area contributed by atoms with E-state index in [-0.39, 0.29) is 6.04 Å². The molecule has 17 heavy (non-hydrogen) atoms. The highest BCUT2D eigenvalue weighted by Gasteiger charge is 2.13. The number of aryl methyl sites for hydroxylation is 1. The number of hydrazine groups is 1. The van der Waals surface area contributed by atoms with Crippen molar-refractivity contribution in [1.82, 2.24) is 5.43 Å². The van der Waals surface area contributed by atoms with Crippen LogP contribution in [-0.2, 0) is 6.42 Å². The molecule has 0 fully saturated rings. The molecular weight excluding hydrogens is 212 g/mol. The first kappa shape index (κ1) is 11.9. The van der Waals surface area contributed by atoms with Crippen LogP contribution >= 0.6 is 0 Å². The Labute approximate surface area is 102 Å². The average Bonchev–Trinajstić information content (AvgIpc) is 2.85. The first-order valence-corrected chi connectivity index (χ1v) is 5.92. The second-order valence-electron chi connectivity index (χ2n) is 4.15. The number of benzene rings is 1. The van der Waals surface area contributed by atoms with Crippen LogP contribution in [-0.4, -0.2) is 0 Å². The van der Waals surface area contributed by atoms with Crippen molar-refractivity contribution in [2.75, 3.05) is 0 Å². The molecule has 0 radical (unpaired) electrons. The molecule has 2 aromatic rings. The molecule has 90 valence electrons. The summed E-state index contributed by atoms with van der Waals surface area (Å²) in [5.41, 5.74) is 6.38. The minimum atomic E-state index is -0.00874. The Morgan fingerprint density at radius 2 is 2.18 bits per heavy atom. The molecule has 1 aromatic heterocycles. The molecule has 0 amide bonds. The number of rotatable bonds is 5. The molecule has 1 unspecified atom stereocenters. The van der Waals surface area contributed by atoms with Gasteiger partial charge < -0.3 is 4.42 Å². The molecule has 0 saturated heterocycles. The highest BCUT2D eigenvalue weighted by atomic mass is 16.3. The standard InChI is InChI=1S/C14H18N2O/c1-2-4-11-5-3-6-12(9-11)14(16-15)13-7-8-17-10-13/h3,5-10,14,16H,2,4,15H2,1H3. The van der Waals surface area contributed by atoms with E-state index in [0.29, 0.717) is 0 Å². The van der Waals surface area contributed by atoms with Gasteiger partial charge in [-0.1, -0.05) is 37.6 Å². The van der Waals surface area contributed by atoms with Crippen molar-refractivity contribution in [2.24, 2.45) is 5.84 Å². The molecule has 0 aliphatic rings. The molecular formula is C14H18N2O. The van der Waals surface area contributed by atoms with Gasteiger partial charge in [0.2, 0.25) is 0 Å².